The molecule has 0 atom stereocenters. The summed E-state index contributed by atoms with van der Waals surface area (Å²) in [5, 5.41) is 3.43. The molecule has 1 N–H and O–H groups in total. The van der Waals surface area contributed by atoms with Crippen molar-refractivity contribution < 1.29 is 13.9 Å². The van der Waals surface area contributed by atoms with Crippen LogP contribution >= 0.6 is 0 Å². The highest BCUT2D eigenvalue weighted by Gasteiger charge is 2.06. The molecule has 0 spiro atoms. The van der Waals surface area contributed by atoms with E-state index in [-0.39, 0.29) is 5.82 Å². The van der Waals surface area contributed by atoms with Gasteiger partial charge in [0, 0.05) is 6.54 Å². The number of hydrogen-bond donors (Lipinski definition) is 1. The lowest BCUT2D eigenvalue weighted by Gasteiger charge is -2.13. The van der Waals surface area contributed by atoms with Gasteiger partial charge < -0.3 is 19.7 Å². The van der Waals surface area contributed by atoms with Gasteiger partial charge in [0.2, 0.25) is 0 Å². The molecule has 0 aliphatic heterocycles. The van der Waals surface area contributed by atoms with Crippen molar-refractivity contribution >= 4 is 0 Å². The van der Waals surface area contributed by atoms with Crippen LogP contribution in [0.2, 0.25) is 0 Å². The molecule has 0 aliphatic rings. The second-order valence-electron chi connectivity index (χ2n) is 6.23. The summed E-state index contributed by atoms with van der Waals surface area (Å²) in [5.74, 6) is 1.14. The van der Waals surface area contributed by atoms with Crippen molar-refractivity contribution in [3.05, 3.63) is 59.4 Å². The highest BCUT2D eigenvalue weighted by molar-refractivity contribution is 5.43. The third kappa shape index (κ3) is 6.72. The summed E-state index contributed by atoms with van der Waals surface area (Å²) in [6.07, 6.45) is 1.11. The molecule has 25 heavy (non-hydrogen) atoms. The van der Waals surface area contributed by atoms with Crippen molar-refractivity contribution in [2.45, 2.75) is 19.6 Å². The summed E-state index contributed by atoms with van der Waals surface area (Å²) in [6.45, 7) is 3.22. The molecule has 0 fully saturated rings. The highest BCUT2D eigenvalue weighted by atomic mass is 19.1. The van der Waals surface area contributed by atoms with Crippen molar-refractivity contribution in [3.8, 4) is 11.5 Å². The van der Waals surface area contributed by atoms with Crippen LogP contribution in [0.3, 0.4) is 0 Å². The lowest BCUT2D eigenvalue weighted by Crippen LogP contribution is -2.21. The number of rotatable bonds is 10. The fraction of sp³-hybridized carbons (Fsp3) is 0.400. The predicted octanol–water partition coefficient (Wildman–Crippen LogP) is 3.45. The number of halogens is 1. The molecular weight excluding hydrogens is 319 g/mol. The maximum Gasteiger partial charge on any atom is 0.161 e. The average molecular weight is 346 g/mol. The number of nitrogens with zero attached hydrogens (tertiary/aromatic N) is 1. The minimum atomic E-state index is -0.247. The van der Waals surface area contributed by atoms with E-state index in [4.69, 9.17) is 9.47 Å². The molecule has 2 aromatic rings. The smallest absolute Gasteiger partial charge is 0.161 e. The van der Waals surface area contributed by atoms with Gasteiger partial charge in [-0.25, -0.2) is 4.39 Å². The summed E-state index contributed by atoms with van der Waals surface area (Å²) in [5.41, 5.74) is 2.06. The molecule has 4 nitrogen and oxygen atoms in total. The molecule has 0 heterocycles. The molecule has 0 bridgehead atoms. The monoisotopic (exact) mass is 346 g/mol. The minimum Gasteiger partial charge on any atom is -0.493 e. The fourth-order valence-corrected chi connectivity index (χ4v) is 2.44. The third-order valence-electron chi connectivity index (χ3n) is 3.82. The van der Waals surface area contributed by atoms with E-state index in [1.165, 1.54) is 12.1 Å². The zero-order valence-electron chi connectivity index (χ0n) is 15.2. The number of methoxy groups -OCH3 is 1. The molecule has 2 aromatic carbocycles. The summed E-state index contributed by atoms with van der Waals surface area (Å²) >= 11 is 0. The van der Waals surface area contributed by atoms with Gasteiger partial charge in [0.15, 0.2) is 11.5 Å². The maximum absolute atomic E-state index is 12.9. The van der Waals surface area contributed by atoms with E-state index >= 15 is 0 Å². The molecule has 2 rings (SSSR count). The van der Waals surface area contributed by atoms with Crippen LogP contribution in [0.5, 0.6) is 11.5 Å². The molecular formula is C20H27FN2O2. The Morgan fingerprint density at radius 2 is 1.72 bits per heavy atom. The zero-order valence-corrected chi connectivity index (χ0v) is 15.2. The number of nitrogens with one attached hydrogen (secondary N) is 1. The highest BCUT2D eigenvalue weighted by Crippen LogP contribution is 2.28. The Hall–Kier alpha value is -2.11. The van der Waals surface area contributed by atoms with Gasteiger partial charge in [-0.3, -0.25) is 0 Å². The standard InChI is InChI=1S/C20H27FN2O2/c1-23(2)12-4-11-22-14-17-7-10-19(20(13-17)24-3)25-15-16-5-8-18(21)9-6-16/h5-10,13,22H,4,11-12,14-15H2,1-3H3. The van der Waals surface area contributed by atoms with Crippen molar-refractivity contribution in [3.63, 3.8) is 0 Å². The largest absolute Gasteiger partial charge is 0.493 e. The first-order valence-corrected chi connectivity index (χ1v) is 8.48. The van der Waals surface area contributed by atoms with Crippen molar-refractivity contribution in [1.29, 1.82) is 0 Å². The van der Waals surface area contributed by atoms with E-state index in [1.807, 2.05) is 18.2 Å². The molecule has 0 amide bonds. The van der Waals surface area contributed by atoms with Crippen molar-refractivity contribution in [2.75, 3.05) is 34.3 Å². The van der Waals surface area contributed by atoms with Crippen LogP contribution in [0.4, 0.5) is 4.39 Å². The first-order valence-electron chi connectivity index (χ1n) is 8.48. The molecule has 5 heteroatoms. The van der Waals surface area contributed by atoms with Gasteiger partial charge in [-0.15, -0.1) is 0 Å². The Kier molecular flexibility index (Phi) is 7.70. The van der Waals surface area contributed by atoms with E-state index in [9.17, 15) is 4.39 Å². The fourth-order valence-electron chi connectivity index (χ4n) is 2.44. The number of hydrogen-bond acceptors (Lipinski definition) is 4. The lowest BCUT2D eigenvalue weighted by molar-refractivity contribution is 0.284. The molecule has 0 aromatic heterocycles. The second kappa shape index (κ2) is 10.0. The van der Waals surface area contributed by atoms with Crippen molar-refractivity contribution in [2.24, 2.45) is 0 Å². The first-order chi connectivity index (χ1) is 12.1. The SMILES string of the molecule is COc1cc(CNCCCN(C)C)ccc1OCc1ccc(F)cc1. The van der Waals surface area contributed by atoms with Crippen LogP contribution in [0.1, 0.15) is 17.5 Å². The molecule has 0 aliphatic carbocycles. The van der Waals surface area contributed by atoms with Gasteiger partial charge in [0.05, 0.1) is 7.11 Å². The van der Waals surface area contributed by atoms with Gasteiger partial charge in [0.25, 0.3) is 0 Å². The molecule has 0 unspecified atom stereocenters. The van der Waals surface area contributed by atoms with Gasteiger partial charge >= 0.3 is 0 Å². The summed E-state index contributed by atoms with van der Waals surface area (Å²) < 4.78 is 24.2. The van der Waals surface area contributed by atoms with Gasteiger partial charge in [0.1, 0.15) is 12.4 Å². The minimum absolute atomic E-state index is 0.247. The Morgan fingerprint density at radius 1 is 1.00 bits per heavy atom. The quantitative estimate of drug-likeness (QED) is 0.668. The average Bonchev–Trinajstić information content (AvgIpc) is 2.61. The topological polar surface area (TPSA) is 33.7 Å². The summed E-state index contributed by atoms with van der Waals surface area (Å²) in [4.78, 5) is 2.18. The zero-order chi connectivity index (χ0) is 18.1. The lowest BCUT2D eigenvalue weighted by atomic mass is 10.2. The molecule has 0 radical (unpaired) electrons. The van der Waals surface area contributed by atoms with E-state index in [0.29, 0.717) is 18.1 Å². The normalized spacial score (nSPS) is 10.9. The Balaban J connectivity index is 1.86. The summed E-state index contributed by atoms with van der Waals surface area (Å²) in [6, 6.07) is 12.2. The third-order valence-corrected chi connectivity index (χ3v) is 3.82. The van der Waals surface area contributed by atoms with Crippen LogP contribution in [0, 0.1) is 5.82 Å². The van der Waals surface area contributed by atoms with E-state index in [1.54, 1.807) is 19.2 Å². The van der Waals surface area contributed by atoms with Gasteiger partial charge in [-0.05, 0) is 69.0 Å². The van der Waals surface area contributed by atoms with Crippen molar-refractivity contribution in [1.82, 2.24) is 10.2 Å². The molecule has 0 saturated carbocycles. The van der Waals surface area contributed by atoms with Crippen LogP contribution in [-0.2, 0) is 13.2 Å². The summed E-state index contributed by atoms with van der Waals surface area (Å²) in [7, 11) is 5.79. The maximum atomic E-state index is 12.9. The predicted molar refractivity (Wildman–Crippen MR) is 98.6 cm³/mol. The van der Waals surface area contributed by atoms with Crippen LogP contribution in [-0.4, -0.2) is 39.2 Å². The Bertz CT molecular complexity index is 645. The van der Waals surface area contributed by atoms with Crippen LogP contribution in [0.15, 0.2) is 42.5 Å². The Labute approximate surface area is 149 Å². The first kappa shape index (κ1) is 19.2. The number of ether oxygens (including phenoxy) is 2. The van der Waals surface area contributed by atoms with E-state index in [0.717, 1.165) is 37.2 Å². The van der Waals surface area contributed by atoms with Crippen LogP contribution in [0.25, 0.3) is 0 Å². The second-order valence-corrected chi connectivity index (χ2v) is 6.23. The number of benzene rings is 2. The van der Waals surface area contributed by atoms with Gasteiger partial charge in [-0.2, -0.15) is 0 Å². The van der Waals surface area contributed by atoms with Crippen LogP contribution < -0.4 is 14.8 Å². The molecule has 136 valence electrons. The molecule has 0 saturated heterocycles. The Morgan fingerprint density at radius 3 is 2.40 bits per heavy atom. The van der Waals surface area contributed by atoms with Gasteiger partial charge in [-0.1, -0.05) is 18.2 Å². The van der Waals surface area contributed by atoms with E-state index in [2.05, 4.69) is 24.3 Å². The van der Waals surface area contributed by atoms with E-state index < -0.39 is 0 Å².